The van der Waals surface area contributed by atoms with Crippen molar-refractivity contribution in [3.05, 3.63) is 344 Å². The van der Waals surface area contributed by atoms with Gasteiger partial charge in [-0.3, -0.25) is 14.6 Å². The molecule has 0 saturated carbocycles. The van der Waals surface area contributed by atoms with Crippen molar-refractivity contribution in [1.82, 2.24) is 34.7 Å². The molecule has 17 aromatic carbocycles. The van der Waals surface area contributed by atoms with Gasteiger partial charge < -0.3 is 4.98 Å². The smallest absolute Gasteiger partial charge is 0.181 e. The molecular formula is C96H69N7. The molecule has 0 aliphatic carbocycles. The predicted molar refractivity (Wildman–Crippen MR) is 436 cm³/mol. The second-order valence-electron chi connectivity index (χ2n) is 27.1. The fourth-order valence-electron chi connectivity index (χ4n) is 15.5. The molecule has 7 nitrogen and oxygen atoms in total. The largest absolute Gasteiger partial charge is 0.338 e. The number of para-hydroxylation sites is 2. The molecule has 7 heteroatoms. The highest BCUT2D eigenvalue weighted by molar-refractivity contribution is 6.29. The van der Waals surface area contributed by atoms with Gasteiger partial charge in [-0.2, -0.15) is 5.10 Å². The third-order valence-electron chi connectivity index (χ3n) is 20.8. The lowest BCUT2D eigenvalue weighted by atomic mass is 9.89. The summed E-state index contributed by atoms with van der Waals surface area (Å²) in [6.45, 7) is 8.81. The van der Waals surface area contributed by atoms with Crippen LogP contribution in [0.1, 0.15) is 22.3 Å². The third-order valence-corrected chi connectivity index (χ3v) is 20.8. The number of nitrogens with one attached hydrogen (secondary N) is 1. The third kappa shape index (κ3) is 11.2. The molecule has 488 valence electrons. The summed E-state index contributed by atoms with van der Waals surface area (Å²) in [5.74, 6) is 1.67. The fraction of sp³-hybridized carbons (Fsp3) is 0.0521. The number of nitrogens with zero attached hydrogens (tertiary/aromatic N) is 6. The van der Waals surface area contributed by atoms with Gasteiger partial charge >= 0.3 is 0 Å². The molecule has 0 bridgehead atoms. The first-order valence-electron chi connectivity index (χ1n) is 35.2. The number of hydrogen-bond donors (Lipinski definition) is 1. The van der Waals surface area contributed by atoms with Crippen LogP contribution >= 0.6 is 0 Å². The van der Waals surface area contributed by atoms with Crippen LogP contribution in [0.2, 0.25) is 0 Å². The van der Waals surface area contributed by atoms with Gasteiger partial charge in [-0.25, -0.2) is 9.97 Å². The number of hydrogen-bond acceptors (Lipinski definition) is 5. The molecule has 0 aliphatic heterocycles. The lowest BCUT2D eigenvalue weighted by molar-refractivity contribution is 0.768. The molecule has 21 aromatic rings. The number of H-pyrrole nitrogens is 1. The zero-order valence-electron chi connectivity index (χ0n) is 57.8. The highest BCUT2D eigenvalue weighted by Crippen LogP contribution is 2.43. The molecule has 0 amide bonds. The number of aromatic amines is 1. The van der Waals surface area contributed by atoms with E-state index >= 15 is 0 Å². The maximum Gasteiger partial charge on any atom is 0.181 e. The van der Waals surface area contributed by atoms with Crippen molar-refractivity contribution in [3.8, 4) is 45.3 Å². The summed E-state index contributed by atoms with van der Waals surface area (Å²) in [4.78, 5) is 21.7. The summed E-state index contributed by atoms with van der Waals surface area (Å²) in [5.41, 5.74) is 13.9. The standard InChI is InChI=1S/C27H23N.C25H16N2.C23H15N.C21H15N3/c1-16-11-22-21-9-8-20(27-7-5-6-10-28-27)15-26(21)25-14-19(4)18(3)13-24(25)23(22)12-17(16)2;1-2-9-19-17(7-1)18-8-3-4-10-20(18)22-15-16(13-14-21(19)22)25-26-23-11-5-6-12-24(23)27-25;1-2-9-19-17(7-1)18-8-3-4-10-20(18)22-15-16(12-13-21(19)22)23-11-5-6-14-24-23;1-24-13-22-21(23-24)14-10-11-19-17-8-3-2-6-15(17)16-7-4-5-9-18(16)20(19)12-14/h5-15H,1-4H3;1-15H,(H,26,27);1-15H;2-13H,1H3. The molecule has 4 heterocycles. The molecule has 103 heavy (non-hydrogen) atoms. The maximum atomic E-state index is 4.78. The van der Waals surface area contributed by atoms with Crippen LogP contribution in [-0.4, -0.2) is 34.7 Å². The van der Waals surface area contributed by atoms with Crippen molar-refractivity contribution in [3.63, 3.8) is 0 Å². The summed E-state index contributed by atoms with van der Waals surface area (Å²) >= 11 is 0. The maximum absolute atomic E-state index is 4.78. The number of aromatic nitrogens is 7. The second kappa shape index (κ2) is 25.8. The SMILES string of the molecule is Cc1cc2c3ccc(-c4ccccn4)cc3c3cc(C)c(C)cc3c2cc1C.Cn1cnc(-c2ccc3c4ccccc4c4ccccc4c3c2)n1.c1ccc(-c2ccc3c4ccccc4c4ccccc4c3c2)nc1.c1ccc2[nH]c(-c3ccc4c5ccccc5c5ccccc5c4c3)nc2c1. The van der Waals surface area contributed by atoms with E-state index in [1.54, 1.807) is 11.0 Å². The number of imidazole rings is 1. The van der Waals surface area contributed by atoms with Crippen molar-refractivity contribution >= 4 is 140 Å². The van der Waals surface area contributed by atoms with Gasteiger partial charge in [0.1, 0.15) is 12.2 Å². The Balaban J connectivity index is 0.0000000983. The molecule has 4 aromatic heterocycles. The van der Waals surface area contributed by atoms with Crippen LogP contribution in [0.3, 0.4) is 0 Å². The molecule has 0 fully saturated rings. The van der Waals surface area contributed by atoms with Crippen LogP contribution < -0.4 is 0 Å². The number of pyridine rings is 2. The number of aryl methyl sites for hydroxylation is 5. The van der Waals surface area contributed by atoms with E-state index in [2.05, 4.69) is 314 Å². The average Bonchev–Trinajstić information content (AvgIpc) is 1.20. The first-order valence-corrected chi connectivity index (χ1v) is 35.2. The molecule has 21 rings (SSSR count). The summed E-state index contributed by atoms with van der Waals surface area (Å²) in [6, 6.07) is 108. The summed E-state index contributed by atoms with van der Waals surface area (Å²) in [6.07, 6.45) is 5.44. The highest BCUT2D eigenvalue weighted by atomic mass is 15.3. The van der Waals surface area contributed by atoms with E-state index in [-0.39, 0.29) is 0 Å². The number of benzene rings is 17. The Labute approximate surface area is 595 Å². The Hall–Kier alpha value is -13.2. The van der Waals surface area contributed by atoms with Crippen molar-refractivity contribution in [2.45, 2.75) is 27.7 Å². The quantitative estimate of drug-likeness (QED) is 0.178. The first-order chi connectivity index (χ1) is 50.6. The summed E-state index contributed by atoms with van der Waals surface area (Å²) in [5, 5.41) is 35.6. The predicted octanol–water partition coefficient (Wildman–Crippen LogP) is 25.3. The number of fused-ring (bicyclic) bond motifs is 25. The van der Waals surface area contributed by atoms with Crippen LogP contribution in [0.4, 0.5) is 0 Å². The minimum atomic E-state index is 0.761. The lowest BCUT2D eigenvalue weighted by Gasteiger charge is -2.15. The van der Waals surface area contributed by atoms with Crippen molar-refractivity contribution in [2.24, 2.45) is 7.05 Å². The molecule has 0 radical (unpaired) electrons. The van der Waals surface area contributed by atoms with Crippen molar-refractivity contribution in [1.29, 1.82) is 0 Å². The Bertz CT molecular complexity index is 6790. The highest BCUT2D eigenvalue weighted by Gasteiger charge is 2.17. The molecule has 0 saturated heterocycles. The van der Waals surface area contributed by atoms with Gasteiger partial charge in [0.25, 0.3) is 0 Å². The normalized spacial score (nSPS) is 11.5. The minimum Gasteiger partial charge on any atom is -0.338 e. The second-order valence-corrected chi connectivity index (χ2v) is 27.1. The van der Waals surface area contributed by atoms with Crippen molar-refractivity contribution < 1.29 is 0 Å². The van der Waals surface area contributed by atoms with E-state index in [0.29, 0.717) is 0 Å². The topological polar surface area (TPSA) is 85.2 Å². The van der Waals surface area contributed by atoms with Crippen molar-refractivity contribution in [2.75, 3.05) is 0 Å². The molecule has 1 N–H and O–H groups in total. The lowest BCUT2D eigenvalue weighted by Crippen LogP contribution is -1.90. The Morgan fingerprint density at radius 1 is 0.252 bits per heavy atom. The zero-order chi connectivity index (χ0) is 69.2. The van der Waals surface area contributed by atoms with Gasteiger partial charge in [0.15, 0.2) is 5.82 Å². The van der Waals surface area contributed by atoms with E-state index in [0.717, 1.165) is 56.3 Å². The van der Waals surface area contributed by atoms with Crippen LogP contribution in [-0.2, 0) is 7.05 Å². The Morgan fingerprint density at radius 2 is 0.534 bits per heavy atom. The average molecular weight is 1320 g/mol. The van der Waals surface area contributed by atoms with E-state index < -0.39 is 0 Å². The van der Waals surface area contributed by atoms with Gasteiger partial charge in [0.05, 0.1) is 22.4 Å². The molecule has 0 aliphatic rings. The van der Waals surface area contributed by atoms with E-state index in [1.165, 1.54) is 152 Å². The van der Waals surface area contributed by atoms with Crippen LogP contribution in [0, 0.1) is 27.7 Å². The molecule has 0 atom stereocenters. The Kier molecular flexibility index (Phi) is 15.6. The van der Waals surface area contributed by atoms with Gasteiger partial charge in [0.2, 0.25) is 0 Å². The summed E-state index contributed by atoms with van der Waals surface area (Å²) < 4.78 is 1.73. The van der Waals surface area contributed by atoms with E-state index in [4.69, 9.17) is 4.98 Å². The zero-order valence-corrected chi connectivity index (χ0v) is 57.8. The van der Waals surface area contributed by atoms with Gasteiger partial charge in [-0.15, -0.1) is 0 Å². The van der Waals surface area contributed by atoms with Crippen LogP contribution in [0.25, 0.3) is 186 Å². The van der Waals surface area contributed by atoms with Gasteiger partial charge in [0, 0.05) is 41.7 Å². The Morgan fingerprint density at radius 3 is 0.893 bits per heavy atom. The van der Waals surface area contributed by atoms with Crippen LogP contribution in [0.5, 0.6) is 0 Å². The molecule has 0 unspecified atom stereocenters. The minimum absolute atomic E-state index is 0.761. The molecule has 0 spiro atoms. The van der Waals surface area contributed by atoms with E-state index in [1.807, 2.05) is 61.9 Å². The monoisotopic (exact) mass is 1320 g/mol. The van der Waals surface area contributed by atoms with E-state index in [9.17, 15) is 0 Å². The van der Waals surface area contributed by atoms with Gasteiger partial charge in [-0.05, 0) is 240 Å². The summed E-state index contributed by atoms with van der Waals surface area (Å²) in [7, 11) is 1.89. The van der Waals surface area contributed by atoms with Gasteiger partial charge in [-0.1, -0.05) is 243 Å². The fourth-order valence-corrected chi connectivity index (χ4v) is 15.5. The molecular weight excluding hydrogens is 1250 g/mol. The number of rotatable bonds is 4. The van der Waals surface area contributed by atoms with Crippen LogP contribution in [0.15, 0.2) is 322 Å². The first kappa shape index (κ1) is 62.1.